The summed E-state index contributed by atoms with van der Waals surface area (Å²) in [6, 6.07) is 8.97. The second-order valence-electron chi connectivity index (χ2n) is 4.50. The van der Waals surface area contributed by atoms with E-state index in [2.05, 4.69) is 35.8 Å². The molecule has 0 aliphatic heterocycles. The van der Waals surface area contributed by atoms with Gasteiger partial charge in [-0.3, -0.25) is 0 Å². The van der Waals surface area contributed by atoms with Crippen molar-refractivity contribution >= 4 is 26.7 Å². The third-order valence-corrected chi connectivity index (χ3v) is 3.56. The van der Waals surface area contributed by atoms with Crippen LogP contribution in [-0.4, -0.2) is 0 Å². The van der Waals surface area contributed by atoms with Gasteiger partial charge >= 0.3 is 0 Å². The fraction of sp³-hybridized carbons (Fsp3) is 0.286. The zero-order valence-corrected chi connectivity index (χ0v) is 11.0. The van der Waals surface area contributed by atoms with Crippen molar-refractivity contribution in [3.63, 3.8) is 0 Å². The van der Waals surface area contributed by atoms with Gasteiger partial charge in [0.1, 0.15) is 5.82 Å². The molecule has 0 amide bonds. The van der Waals surface area contributed by atoms with Gasteiger partial charge in [-0.25, -0.2) is 4.39 Å². The molecule has 0 unspecified atom stereocenters. The van der Waals surface area contributed by atoms with E-state index in [-0.39, 0.29) is 5.82 Å². The Kier molecular flexibility index (Phi) is 3.29. The molecule has 0 spiro atoms. The molecule has 0 bridgehead atoms. The van der Waals surface area contributed by atoms with Crippen LogP contribution in [0.2, 0.25) is 0 Å². The van der Waals surface area contributed by atoms with Gasteiger partial charge in [0.25, 0.3) is 0 Å². The van der Waals surface area contributed by atoms with Crippen LogP contribution in [0.25, 0.3) is 10.8 Å². The first-order chi connectivity index (χ1) is 7.58. The molecular weight excluding hydrogens is 267 g/mol. The molecule has 0 aliphatic carbocycles. The molecule has 0 aliphatic rings. The van der Waals surface area contributed by atoms with Crippen LogP contribution < -0.4 is 0 Å². The summed E-state index contributed by atoms with van der Waals surface area (Å²) < 4.78 is 14.2. The van der Waals surface area contributed by atoms with Gasteiger partial charge in [0.15, 0.2) is 0 Å². The van der Waals surface area contributed by atoms with Crippen LogP contribution in [0.15, 0.2) is 34.8 Å². The minimum Gasteiger partial charge on any atom is -0.207 e. The molecule has 0 aromatic heterocycles. The van der Waals surface area contributed by atoms with E-state index in [0.29, 0.717) is 5.92 Å². The van der Waals surface area contributed by atoms with Crippen molar-refractivity contribution in [2.75, 3.05) is 0 Å². The van der Waals surface area contributed by atoms with Gasteiger partial charge in [-0.1, -0.05) is 32.0 Å². The molecule has 0 radical (unpaired) electrons. The highest BCUT2D eigenvalue weighted by atomic mass is 79.9. The monoisotopic (exact) mass is 280 g/mol. The van der Waals surface area contributed by atoms with Crippen LogP contribution in [0.1, 0.15) is 19.4 Å². The Morgan fingerprint density at radius 3 is 2.62 bits per heavy atom. The zero-order chi connectivity index (χ0) is 11.7. The SMILES string of the molecule is CC(C)Cc1ccc2cc(F)ccc2c1Br. The Morgan fingerprint density at radius 1 is 1.19 bits per heavy atom. The first kappa shape index (κ1) is 11.6. The summed E-state index contributed by atoms with van der Waals surface area (Å²) in [7, 11) is 0. The van der Waals surface area contributed by atoms with E-state index in [4.69, 9.17) is 0 Å². The van der Waals surface area contributed by atoms with E-state index in [9.17, 15) is 4.39 Å². The molecular formula is C14H14BrF. The normalized spacial score (nSPS) is 11.3. The first-order valence-corrected chi connectivity index (χ1v) is 6.24. The predicted octanol–water partition coefficient (Wildman–Crippen LogP) is 4.94. The average Bonchev–Trinajstić information content (AvgIpc) is 2.22. The van der Waals surface area contributed by atoms with Crippen molar-refractivity contribution in [2.45, 2.75) is 20.3 Å². The van der Waals surface area contributed by atoms with E-state index < -0.39 is 0 Å². The van der Waals surface area contributed by atoms with E-state index >= 15 is 0 Å². The van der Waals surface area contributed by atoms with Gasteiger partial charge in [-0.15, -0.1) is 0 Å². The maximum absolute atomic E-state index is 13.1. The van der Waals surface area contributed by atoms with E-state index in [0.717, 1.165) is 21.7 Å². The highest BCUT2D eigenvalue weighted by Crippen LogP contribution is 2.29. The Bertz CT molecular complexity index is 517. The number of halogens is 2. The minimum atomic E-state index is -0.184. The fourth-order valence-electron chi connectivity index (χ4n) is 1.91. The molecule has 16 heavy (non-hydrogen) atoms. The van der Waals surface area contributed by atoms with Crippen molar-refractivity contribution in [3.8, 4) is 0 Å². The van der Waals surface area contributed by atoms with E-state index in [1.807, 2.05) is 12.1 Å². The molecule has 2 aromatic carbocycles. The van der Waals surface area contributed by atoms with E-state index in [1.54, 1.807) is 6.07 Å². The molecule has 2 rings (SSSR count). The lowest BCUT2D eigenvalue weighted by Gasteiger charge is -2.10. The summed E-state index contributed by atoms with van der Waals surface area (Å²) in [6.07, 6.45) is 1.04. The van der Waals surface area contributed by atoms with Crippen molar-refractivity contribution in [3.05, 3.63) is 46.2 Å². The first-order valence-electron chi connectivity index (χ1n) is 5.44. The predicted molar refractivity (Wildman–Crippen MR) is 70.1 cm³/mol. The molecule has 0 saturated carbocycles. The van der Waals surface area contributed by atoms with Crippen LogP contribution in [-0.2, 0) is 6.42 Å². The lowest BCUT2D eigenvalue weighted by molar-refractivity contribution is 0.629. The van der Waals surface area contributed by atoms with Crippen molar-refractivity contribution in [1.29, 1.82) is 0 Å². The summed E-state index contributed by atoms with van der Waals surface area (Å²) >= 11 is 3.61. The highest BCUT2D eigenvalue weighted by molar-refractivity contribution is 9.10. The molecule has 0 saturated heterocycles. The molecule has 0 heterocycles. The fourth-order valence-corrected chi connectivity index (χ4v) is 2.56. The quantitative estimate of drug-likeness (QED) is 0.731. The van der Waals surface area contributed by atoms with Crippen LogP contribution in [0.4, 0.5) is 4.39 Å². The van der Waals surface area contributed by atoms with E-state index in [1.165, 1.54) is 11.6 Å². The van der Waals surface area contributed by atoms with Crippen LogP contribution >= 0.6 is 15.9 Å². The van der Waals surface area contributed by atoms with Gasteiger partial charge in [0.05, 0.1) is 0 Å². The molecule has 2 heteroatoms. The Balaban J connectivity index is 2.56. The standard InChI is InChI=1S/C14H14BrF/c1-9(2)7-11-4-3-10-8-12(16)5-6-13(10)14(11)15/h3-6,8-9H,7H2,1-2H3. The van der Waals surface area contributed by atoms with Gasteiger partial charge in [0.2, 0.25) is 0 Å². The van der Waals surface area contributed by atoms with Crippen LogP contribution in [0, 0.1) is 11.7 Å². The maximum atomic E-state index is 13.1. The van der Waals surface area contributed by atoms with Crippen molar-refractivity contribution < 1.29 is 4.39 Å². The number of hydrogen-bond donors (Lipinski definition) is 0. The Labute approximate surface area is 104 Å². The number of fused-ring (bicyclic) bond motifs is 1. The smallest absolute Gasteiger partial charge is 0.123 e. The van der Waals surface area contributed by atoms with Gasteiger partial charge in [0, 0.05) is 4.47 Å². The van der Waals surface area contributed by atoms with Gasteiger partial charge in [-0.2, -0.15) is 0 Å². The summed E-state index contributed by atoms with van der Waals surface area (Å²) in [5, 5.41) is 2.03. The van der Waals surface area contributed by atoms with Crippen LogP contribution in [0.5, 0.6) is 0 Å². The Morgan fingerprint density at radius 2 is 1.94 bits per heavy atom. The summed E-state index contributed by atoms with van der Waals surface area (Å²) in [6.45, 7) is 4.39. The lowest BCUT2D eigenvalue weighted by atomic mass is 9.99. The molecule has 0 fully saturated rings. The minimum absolute atomic E-state index is 0.184. The number of rotatable bonds is 2. The third kappa shape index (κ3) is 2.27. The summed E-state index contributed by atoms with van der Waals surface area (Å²) in [4.78, 5) is 0. The second-order valence-corrected chi connectivity index (χ2v) is 5.30. The largest absolute Gasteiger partial charge is 0.207 e. The molecule has 2 aromatic rings. The summed E-state index contributed by atoms with van der Waals surface area (Å²) in [5.74, 6) is 0.435. The van der Waals surface area contributed by atoms with Gasteiger partial charge in [-0.05, 0) is 56.7 Å². The van der Waals surface area contributed by atoms with Crippen molar-refractivity contribution in [2.24, 2.45) is 5.92 Å². The molecule has 84 valence electrons. The Hall–Kier alpha value is -0.890. The molecule has 0 nitrogen and oxygen atoms in total. The summed E-state index contributed by atoms with van der Waals surface area (Å²) in [5.41, 5.74) is 1.29. The number of benzene rings is 2. The number of hydrogen-bond acceptors (Lipinski definition) is 0. The van der Waals surface area contributed by atoms with Gasteiger partial charge < -0.3 is 0 Å². The van der Waals surface area contributed by atoms with Crippen molar-refractivity contribution in [1.82, 2.24) is 0 Å². The zero-order valence-electron chi connectivity index (χ0n) is 9.43. The highest BCUT2D eigenvalue weighted by Gasteiger charge is 2.07. The third-order valence-electron chi connectivity index (χ3n) is 2.62. The van der Waals surface area contributed by atoms with Crippen LogP contribution in [0.3, 0.4) is 0 Å². The molecule has 0 atom stereocenters. The lowest BCUT2D eigenvalue weighted by Crippen LogP contribution is -1.95. The maximum Gasteiger partial charge on any atom is 0.123 e. The average molecular weight is 281 g/mol. The topological polar surface area (TPSA) is 0 Å². The molecule has 0 N–H and O–H groups in total. The second kappa shape index (κ2) is 4.54.